The lowest BCUT2D eigenvalue weighted by molar-refractivity contribution is -0.115. The Morgan fingerprint density at radius 3 is 2.93 bits per heavy atom. The van der Waals surface area contributed by atoms with Crippen LogP contribution in [0.4, 0.5) is 5.13 Å². The minimum atomic E-state index is -0.378. The van der Waals surface area contributed by atoms with Crippen molar-refractivity contribution in [3.05, 3.63) is 70.4 Å². The molecule has 5 nitrogen and oxygen atoms in total. The number of nitrogens with zero attached hydrogens (tertiary/aromatic N) is 3. The molecule has 2 unspecified atom stereocenters. The van der Waals surface area contributed by atoms with Crippen LogP contribution >= 0.6 is 23.1 Å². The largest absolute Gasteiger partial charge is 0.301 e. The third-order valence-corrected chi connectivity index (χ3v) is 6.85. The van der Waals surface area contributed by atoms with Gasteiger partial charge in [0.05, 0.1) is 10.8 Å². The number of amides is 1. The number of nitriles is 1. The molecule has 4 rings (SSSR count). The van der Waals surface area contributed by atoms with E-state index < -0.39 is 0 Å². The van der Waals surface area contributed by atoms with Crippen molar-refractivity contribution in [2.24, 2.45) is 0 Å². The third kappa shape index (κ3) is 4.50. The Morgan fingerprint density at radius 1 is 1.38 bits per heavy atom. The summed E-state index contributed by atoms with van der Waals surface area (Å²) in [6, 6.07) is 14.7. The summed E-state index contributed by atoms with van der Waals surface area (Å²) in [5.74, 6) is 0.316. The number of benzene rings is 1. The first-order valence-electron chi connectivity index (χ1n) is 9.49. The summed E-state index contributed by atoms with van der Waals surface area (Å²) in [7, 11) is 0. The molecule has 2 heterocycles. The van der Waals surface area contributed by atoms with E-state index in [-0.39, 0.29) is 11.2 Å². The Hall–Kier alpha value is -2.69. The van der Waals surface area contributed by atoms with Crippen molar-refractivity contribution in [2.45, 2.75) is 42.4 Å². The van der Waals surface area contributed by atoms with Crippen molar-refractivity contribution >= 4 is 34.1 Å². The van der Waals surface area contributed by atoms with Crippen molar-refractivity contribution in [1.29, 1.82) is 5.26 Å². The molecule has 1 aliphatic carbocycles. The van der Waals surface area contributed by atoms with E-state index in [2.05, 4.69) is 40.6 Å². The molecule has 2 aromatic heterocycles. The van der Waals surface area contributed by atoms with Crippen LogP contribution in [0.3, 0.4) is 0 Å². The summed E-state index contributed by atoms with van der Waals surface area (Å²) in [5.41, 5.74) is 4.07. The Labute approximate surface area is 178 Å². The van der Waals surface area contributed by atoms with Crippen LogP contribution in [0.25, 0.3) is 0 Å². The maximum absolute atomic E-state index is 12.4. The van der Waals surface area contributed by atoms with Gasteiger partial charge in [0.15, 0.2) is 5.13 Å². The maximum Gasteiger partial charge on any atom is 0.239 e. The molecule has 146 valence electrons. The first kappa shape index (κ1) is 19.6. The number of fused-ring (bicyclic) bond motifs is 1. The van der Waals surface area contributed by atoms with Crippen LogP contribution in [0.15, 0.2) is 53.0 Å². The monoisotopic (exact) mass is 420 g/mol. The van der Waals surface area contributed by atoms with Crippen LogP contribution in [0.5, 0.6) is 0 Å². The van der Waals surface area contributed by atoms with Gasteiger partial charge in [-0.25, -0.2) is 9.97 Å². The van der Waals surface area contributed by atoms with E-state index >= 15 is 0 Å². The van der Waals surface area contributed by atoms with E-state index in [1.807, 2.05) is 24.4 Å². The highest BCUT2D eigenvalue weighted by atomic mass is 32.2. The number of carbonyl (C=O) groups is 1. The molecule has 1 aromatic carbocycles. The van der Waals surface area contributed by atoms with Gasteiger partial charge in [0.2, 0.25) is 5.91 Å². The molecule has 2 atom stereocenters. The molecule has 1 N–H and O–H groups in total. The average Bonchev–Trinajstić information content (AvgIpc) is 3.26. The van der Waals surface area contributed by atoms with E-state index in [0.717, 1.165) is 30.5 Å². The molecule has 0 spiro atoms. The second-order valence-corrected chi connectivity index (χ2v) is 9.22. The highest BCUT2D eigenvalue weighted by Crippen LogP contribution is 2.35. The number of rotatable bonds is 5. The standard InChI is InChI=1S/C22H20N4OS2/c1-14(20(27)26-22-24-9-10-28-22)29-21-18(13-23)12-17-11-16(7-8-19(17)25-21)15-5-3-2-4-6-15/h2-6,9-10,12,14,16H,7-8,11H2,1H3,(H,24,26,27). The topological polar surface area (TPSA) is 78.7 Å². The Kier molecular flexibility index (Phi) is 5.93. The molecule has 0 aliphatic heterocycles. The summed E-state index contributed by atoms with van der Waals surface area (Å²) in [6.45, 7) is 1.82. The zero-order valence-corrected chi connectivity index (χ0v) is 17.6. The molecule has 1 amide bonds. The average molecular weight is 421 g/mol. The summed E-state index contributed by atoms with van der Waals surface area (Å²) >= 11 is 2.71. The lowest BCUT2D eigenvalue weighted by Gasteiger charge is -2.25. The first-order valence-corrected chi connectivity index (χ1v) is 11.2. The molecule has 0 saturated heterocycles. The number of hydrogen-bond donors (Lipinski definition) is 1. The summed E-state index contributed by atoms with van der Waals surface area (Å²) in [5, 5.41) is 15.1. The van der Waals surface area contributed by atoms with E-state index in [9.17, 15) is 10.1 Å². The fraction of sp³-hybridized carbons (Fsp3) is 0.273. The minimum Gasteiger partial charge on any atom is -0.301 e. The van der Waals surface area contributed by atoms with Gasteiger partial charge >= 0.3 is 0 Å². The summed E-state index contributed by atoms with van der Waals surface area (Å²) in [4.78, 5) is 21.3. The molecule has 0 fully saturated rings. The number of thiazole rings is 1. The minimum absolute atomic E-state index is 0.141. The predicted molar refractivity (Wildman–Crippen MR) is 116 cm³/mol. The van der Waals surface area contributed by atoms with Crippen LogP contribution in [0.2, 0.25) is 0 Å². The third-order valence-electron chi connectivity index (χ3n) is 5.06. The van der Waals surface area contributed by atoms with E-state index in [4.69, 9.17) is 4.98 Å². The second kappa shape index (κ2) is 8.76. The lowest BCUT2D eigenvalue weighted by atomic mass is 9.82. The molecule has 1 aliphatic rings. The SMILES string of the molecule is CC(Sc1nc2c(cc1C#N)CC(c1ccccc1)CC2)C(=O)Nc1nccs1. The molecule has 0 radical (unpaired) electrons. The Morgan fingerprint density at radius 2 is 2.21 bits per heavy atom. The lowest BCUT2D eigenvalue weighted by Crippen LogP contribution is -2.23. The summed E-state index contributed by atoms with van der Waals surface area (Å²) < 4.78 is 0. The van der Waals surface area contributed by atoms with E-state index in [1.54, 1.807) is 6.20 Å². The number of thioether (sulfide) groups is 1. The second-order valence-electron chi connectivity index (χ2n) is 7.00. The quantitative estimate of drug-likeness (QED) is 0.600. The maximum atomic E-state index is 12.4. The number of pyridine rings is 1. The van der Waals surface area contributed by atoms with Crippen LogP contribution < -0.4 is 5.32 Å². The Bertz CT molecular complexity index is 1040. The van der Waals surface area contributed by atoms with Crippen molar-refractivity contribution in [2.75, 3.05) is 5.32 Å². The van der Waals surface area contributed by atoms with Crippen molar-refractivity contribution in [3.63, 3.8) is 0 Å². The smallest absolute Gasteiger partial charge is 0.239 e. The van der Waals surface area contributed by atoms with E-state index in [0.29, 0.717) is 21.6 Å². The number of anilines is 1. The van der Waals surface area contributed by atoms with Gasteiger partial charge in [0, 0.05) is 17.3 Å². The Balaban J connectivity index is 1.51. The van der Waals surface area contributed by atoms with Gasteiger partial charge in [0.25, 0.3) is 0 Å². The highest BCUT2D eigenvalue weighted by Gasteiger charge is 2.25. The van der Waals surface area contributed by atoms with Gasteiger partial charge in [-0.1, -0.05) is 42.1 Å². The number of carbonyl (C=O) groups excluding carboxylic acids is 1. The molecule has 29 heavy (non-hydrogen) atoms. The van der Waals surface area contributed by atoms with Crippen LogP contribution in [-0.4, -0.2) is 21.1 Å². The highest BCUT2D eigenvalue weighted by molar-refractivity contribution is 8.00. The van der Waals surface area contributed by atoms with Crippen molar-refractivity contribution in [3.8, 4) is 6.07 Å². The zero-order valence-electron chi connectivity index (χ0n) is 16.0. The van der Waals surface area contributed by atoms with Crippen LogP contribution in [0, 0.1) is 11.3 Å². The molecule has 7 heteroatoms. The predicted octanol–water partition coefficient (Wildman–Crippen LogP) is 4.80. The van der Waals surface area contributed by atoms with E-state index in [1.165, 1.54) is 28.7 Å². The molecule has 0 bridgehead atoms. The molecular weight excluding hydrogens is 400 g/mol. The zero-order chi connectivity index (χ0) is 20.2. The number of aryl methyl sites for hydroxylation is 1. The molecule has 3 aromatic rings. The van der Waals surface area contributed by atoms with Crippen LogP contribution in [-0.2, 0) is 17.6 Å². The fourth-order valence-electron chi connectivity index (χ4n) is 3.54. The number of nitrogens with one attached hydrogen (secondary N) is 1. The van der Waals surface area contributed by atoms with Gasteiger partial charge in [-0.15, -0.1) is 11.3 Å². The van der Waals surface area contributed by atoms with Gasteiger partial charge in [-0.2, -0.15) is 5.26 Å². The van der Waals surface area contributed by atoms with Gasteiger partial charge in [0.1, 0.15) is 11.1 Å². The first-order chi connectivity index (χ1) is 14.1. The van der Waals surface area contributed by atoms with Crippen molar-refractivity contribution < 1.29 is 4.79 Å². The van der Waals surface area contributed by atoms with Crippen LogP contribution in [0.1, 0.15) is 41.6 Å². The van der Waals surface area contributed by atoms with Gasteiger partial charge < -0.3 is 5.32 Å². The van der Waals surface area contributed by atoms with Gasteiger partial charge in [-0.3, -0.25) is 4.79 Å². The number of hydrogen-bond acceptors (Lipinski definition) is 6. The van der Waals surface area contributed by atoms with Crippen molar-refractivity contribution in [1.82, 2.24) is 9.97 Å². The normalized spacial score (nSPS) is 16.5. The molecule has 0 saturated carbocycles. The van der Waals surface area contributed by atoms with Gasteiger partial charge in [-0.05, 0) is 49.3 Å². The molecular formula is C22H20N4OS2. The fourth-order valence-corrected chi connectivity index (χ4v) is 4.97. The summed E-state index contributed by atoms with van der Waals surface area (Å²) in [6.07, 6.45) is 4.47. The number of aromatic nitrogens is 2.